The average molecular weight is 234 g/mol. The quantitative estimate of drug-likeness (QED) is 0.554. The molecule has 0 aliphatic heterocycles. The van der Waals surface area contributed by atoms with E-state index in [0.29, 0.717) is 0 Å². The van der Waals surface area contributed by atoms with Gasteiger partial charge in [-0.25, -0.2) is 0 Å². The Morgan fingerprint density at radius 2 is 1.87 bits per heavy atom. The van der Waals surface area contributed by atoms with Crippen LogP contribution >= 0.6 is 11.8 Å². The maximum atomic E-state index is 3.42. The van der Waals surface area contributed by atoms with Gasteiger partial charge in [-0.05, 0) is 17.9 Å². The Hall–Kier alpha value is -0.653. The molecule has 2 heteroatoms. The number of hydrogen-bond acceptors (Lipinski definition) is 1. The second kappa shape index (κ2) is 5.44. The summed E-state index contributed by atoms with van der Waals surface area (Å²) in [5.74, 6) is 4.39. The van der Waals surface area contributed by atoms with Crippen LogP contribution in [0.15, 0.2) is 24.3 Å². The monoisotopic (exact) mass is 234 g/mol. The molecule has 0 spiro atoms. The Morgan fingerprint density at radius 1 is 1.20 bits per heavy atom. The van der Waals surface area contributed by atoms with Crippen LogP contribution in [0.5, 0.6) is 0 Å². The number of thioether (sulfide) groups is 1. The van der Waals surface area contributed by atoms with Gasteiger partial charge in [0.15, 0.2) is 0 Å². The van der Waals surface area contributed by atoms with E-state index in [9.17, 15) is 0 Å². The molecule has 0 heterocycles. The molecule has 0 bridgehead atoms. The minimum absolute atomic E-state index is 1.05. The van der Waals surface area contributed by atoms with Gasteiger partial charge < -0.3 is 0 Å². The molecule has 0 saturated heterocycles. The van der Waals surface area contributed by atoms with E-state index in [1.54, 1.807) is 0 Å². The normalized spacial score (nSPS) is 10.7. The molecule has 0 atom stereocenters. The van der Waals surface area contributed by atoms with E-state index in [0.717, 1.165) is 5.75 Å². The first-order chi connectivity index (χ1) is 7.03. The van der Waals surface area contributed by atoms with Crippen molar-refractivity contribution in [2.45, 2.75) is 25.4 Å². The predicted octanol–water partition coefficient (Wildman–Crippen LogP) is 3.78. The maximum absolute atomic E-state index is 3.42. The van der Waals surface area contributed by atoms with Gasteiger partial charge in [-0.2, -0.15) is 11.8 Å². The molecule has 0 amide bonds. The van der Waals surface area contributed by atoms with Crippen LogP contribution in [0.3, 0.4) is 0 Å². The average Bonchev–Trinajstić information content (AvgIpc) is 2.16. The van der Waals surface area contributed by atoms with E-state index in [1.807, 2.05) is 11.8 Å². The van der Waals surface area contributed by atoms with Gasteiger partial charge in [-0.3, -0.25) is 0 Å². The fourth-order valence-electron chi connectivity index (χ4n) is 1.18. The standard InChI is InChI=1S/C13H18SSi/c1-14-11-13-8-6-5-7-12(13)9-10-15(2,3)4/h5-8H,11H2,1-4H3. The van der Waals surface area contributed by atoms with E-state index >= 15 is 0 Å². The highest BCUT2D eigenvalue weighted by molar-refractivity contribution is 7.97. The Labute approximate surface area is 98.5 Å². The minimum Gasteiger partial charge on any atom is -0.161 e. The number of hydrogen-bond donors (Lipinski definition) is 0. The second-order valence-corrected chi connectivity index (χ2v) is 10.2. The smallest absolute Gasteiger partial charge is 0.129 e. The molecule has 0 N–H and O–H groups in total. The van der Waals surface area contributed by atoms with Gasteiger partial charge in [-0.15, -0.1) is 5.54 Å². The van der Waals surface area contributed by atoms with Crippen LogP contribution in [0.2, 0.25) is 19.6 Å². The van der Waals surface area contributed by atoms with Gasteiger partial charge in [0.2, 0.25) is 0 Å². The zero-order valence-corrected chi connectivity index (χ0v) is 11.7. The van der Waals surface area contributed by atoms with Gasteiger partial charge in [0.25, 0.3) is 0 Å². The third-order valence-corrected chi connectivity index (χ3v) is 3.36. The molecule has 0 radical (unpaired) electrons. The Kier molecular flexibility index (Phi) is 4.50. The summed E-state index contributed by atoms with van der Waals surface area (Å²) in [6.45, 7) is 6.82. The van der Waals surface area contributed by atoms with Gasteiger partial charge in [-0.1, -0.05) is 43.8 Å². The summed E-state index contributed by atoms with van der Waals surface area (Å²) in [5.41, 5.74) is 5.98. The van der Waals surface area contributed by atoms with E-state index in [2.05, 4.69) is 61.6 Å². The van der Waals surface area contributed by atoms with Crippen LogP contribution in [0.1, 0.15) is 11.1 Å². The lowest BCUT2D eigenvalue weighted by Crippen LogP contribution is -2.16. The van der Waals surface area contributed by atoms with Crippen LogP contribution < -0.4 is 0 Å². The molecule has 0 nitrogen and oxygen atoms in total. The molecule has 0 aliphatic carbocycles. The first-order valence-electron chi connectivity index (χ1n) is 5.13. The van der Waals surface area contributed by atoms with Crippen LogP contribution in [-0.4, -0.2) is 14.3 Å². The van der Waals surface area contributed by atoms with Gasteiger partial charge in [0, 0.05) is 11.3 Å². The third kappa shape index (κ3) is 4.59. The van der Waals surface area contributed by atoms with Gasteiger partial charge in [0.1, 0.15) is 8.07 Å². The molecule has 0 aliphatic rings. The van der Waals surface area contributed by atoms with Crippen molar-refractivity contribution >= 4 is 19.8 Å². The van der Waals surface area contributed by atoms with E-state index < -0.39 is 8.07 Å². The first kappa shape index (κ1) is 12.4. The minimum atomic E-state index is -1.25. The summed E-state index contributed by atoms with van der Waals surface area (Å²) in [7, 11) is -1.25. The fourth-order valence-corrected chi connectivity index (χ4v) is 2.25. The molecule has 80 valence electrons. The molecule has 1 aromatic rings. The summed E-state index contributed by atoms with van der Waals surface area (Å²) in [6, 6.07) is 8.45. The Morgan fingerprint density at radius 3 is 2.47 bits per heavy atom. The van der Waals surface area contributed by atoms with Crippen molar-refractivity contribution in [3.63, 3.8) is 0 Å². The van der Waals surface area contributed by atoms with Crippen molar-refractivity contribution in [1.82, 2.24) is 0 Å². The third-order valence-electron chi connectivity index (χ3n) is 1.89. The zero-order chi connectivity index (χ0) is 11.3. The summed E-state index contributed by atoms with van der Waals surface area (Å²) >= 11 is 1.85. The molecule has 0 unspecified atom stereocenters. The SMILES string of the molecule is CSCc1ccccc1C#C[Si](C)(C)C. The summed E-state index contributed by atoms with van der Waals surface area (Å²) in [5, 5.41) is 0. The Balaban J connectivity index is 2.97. The van der Waals surface area contributed by atoms with Gasteiger partial charge >= 0.3 is 0 Å². The molecular formula is C13H18SSi. The van der Waals surface area contributed by atoms with Crippen molar-refractivity contribution in [2.24, 2.45) is 0 Å². The van der Waals surface area contributed by atoms with E-state index in [-0.39, 0.29) is 0 Å². The maximum Gasteiger partial charge on any atom is 0.129 e. The van der Waals surface area contributed by atoms with Gasteiger partial charge in [0.05, 0.1) is 0 Å². The summed E-state index contributed by atoms with van der Waals surface area (Å²) < 4.78 is 0. The molecule has 0 fully saturated rings. The van der Waals surface area contributed by atoms with E-state index in [4.69, 9.17) is 0 Å². The molecule has 0 saturated carbocycles. The van der Waals surface area contributed by atoms with Crippen molar-refractivity contribution < 1.29 is 0 Å². The van der Waals surface area contributed by atoms with Crippen LogP contribution in [0.4, 0.5) is 0 Å². The highest BCUT2D eigenvalue weighted by Gasteiger charge is 2.07. The first-order valence-corrected chi connectivity index (χ1v) is 10.0. The van der Waals surface area contributed by atoms with Crippen LogP contribution in [-0.2, 0) is 5.75 Å². The van der Waals surface area contributed by atoms with E-state index in [1.165, 1.54) is 11.1 Å². The summed E-state index contributed by atoms with van der Waals surface area (Å²) in [6.07, 6.45) is 2.13. The lowest BCUT2D eigenvalue weighted by atomic mass is 10.1. The second-order valence-electron chi connectivity index (χ2n) is 4.59. The lowest BCUT2D eigenvalue weighted by molar-refractivity contribution is 1.39. The van der Waals surface area contributed by atoms with Crippen molar-refractivity contribution in [3.05, 3.63) is 35.4 Å². The largest absolute Gasteiger partial charge is 0.161 e. The Bertz CT molecular complexity index is 380. The number of benzene rings is 1. The van der Waals surface area contributed by atoms with Crippen molar-refractivity contribution in [3.8, 4) is 11.5 Å². The molecule has 1 aromatic carbocycles. The fraction of sp³-hybridized carbons (Fsp3) is 0.385. The van der Waals surface area contributed by atoms with Crippen LogP contribution in [0.25, 0.3) is 0 Å². The van der Waals surface area contributed by atoms with Crippen molar-refractivity contribution in [1.29, 1.82) is 0 Å². The molecule has 0 aromatic heterocycles. The predicted molar refractivity (Wildman–Crippen MR) is 73.9 cm³/mol. The summed E-state index contributed by atoms with van der Waals surface area (Å²) in [4.78, 5) is 0. The van der Waals surface area contributed by atoms with Crippen molar-refractivity contribution in [2.75, 3.05) is 6.26 Å². The topological polar surface area (TPSA) is 0 Å². The van der Waals surface area contributed by atoms with Crippen LogP contribution in [0, 0.1) is 11.5 Å². The number of rotatable bonds is 2. The molecule has 1 rings (SSSR count). The molecule has 15 heavy (non-hydrogen) atoms. The lowest BCUT2D eigenvalue weighted by Gasteiger charge is -2.05. The highest BCUT2D eigenvalue weighted by atomic mass is 32.2. The zero-order valence-electron chi connectivity index (χ0n) is 9.92. The molecular weight excluding hydrogens is 216 g/mol. The highest BCUT2D eigenvalue weighted by Crippen LogP contribution is 2.13.